The summed E-state index contributed by atoms with van der Waals surface area (Å²) in [4.78, 5) is 27.3. The van der Waals surface area contributed by atoms with Crippen LogP contribution >= 0.6 is 11.3 Å². The van der Waals surface area contributed by atoms with Crippen molar-refractivity contribution >= 4 is 22.9 Å². The molecule has 1 N–H and O–H groups in total. The summed E-state index contributed by atoms with van der Waals surface area (Å²) < 4.78 is 8.77. The highest BCUT2D eigenvalue weighted by molar-refractivity contribution is 7.13. The van der Waals surface area contributed by atoms with Crippen LogP contribution in [0.25, 0.3) is 16.3 Å². The van der Waals surface area contributed by atoms with Crippen LogP contribution in [0.2, 0.25) is 0 Å². The Hall–Kier alpha value is -3.39. The second-order valence-electron chi connectivity index (χ2n) is 7.53. The van der Waals surface area contributed by atoms with Crippen LogP contribution in [0.3, 0.4) is 0 Å². The van der Waals surface area contributed by atoms with Crippen molar-refractivity contribution in [1.82, 2.24) is 14.5 Å². The van der Waals surface area contributed by atoms with E-state index in [0.29, 0.717) is 35.7 Å². The smallest absolute Gasteiger partial charge is 0.295 e. The van der Waals surface area contributed by atoms with E-state index in [4.69, 9.17) is 4.52 Å². The molecule has 3 aromatic heterocycles. The molecular weight excluding hydrogens is 400 g/mol. The van der Waals surface area contributed by atoms with Gasteiger partial charge in [-0.1, -0.05) is 29.4 Å². The number of thiophene rings is 1. The Morgan fingerprint density at radius 1 is 1.20 bits per heavy atom. The van der Waals surface area contributed by atoms with E-state index in [1.54, 1.807) is 27.7 Å². The average Bonchev–Trinajstić information content (AvgIpc) is 3.09. The lowest BCUT2D eigenvalue weighted by atomic mass is 10.0. The van der Waals surface area contributed by atoms with Gasteiger partial charge in [0.1, 0.15) is 5.69 Å². The average molecular weight is 420 g/mol. The third-order valence-electron chi connectivity index (χ3n) is 5.74. The summed E-state index contributed by atoms with van der Waals surface area (Å²) in [6, 6.07) is 15.1. The molecule has 3 heterocycles. The molecule has 7 nitrogen and oxygen atoms in total. The van der Waals surface area contributed by atoms with Gasteiger partial charge >= 0.3 is 0 Å². The Balaban J connectivity index is 1.46. The first-order valence-corrected chi connectivity index (χ1v) is 10.6. The Bertz CT molecular complexity index is 1280. The minimum Gasteiger partial charge on any atom is -0.355 e. The van der Waals surface area contributed by atoms with Crippen LogP contribution in [0.15, 0.2) is 63.2 Å². The Labute approximate surface area is 176 Å². The molecular formula is C22H20N4O3S. The minimum absolute atomic E-state index is 0.223. The SMILES string of the molecule is Cc1c(NC(=O)C2(c3cc(-c4cccs4)on3)CC2)c(=O)n(-c2ccccc2)n1C. The molecule has 0 bridgehead atoms. The summed E-state index contributed by atoms with van der Waals surface area (Å²) in [6.07, 6.45) is 1.35. The Kier molecular flexibility index (Phi) is 4.25. The van der Waals surface area contributed by atoms with Crippen molar-refractivity contribution in [3.63, 3.8) is 0 Å². The second kappa shape index (κ2) is 6.84. The van der Waals surface area contributed by atoms with Crippen LogP contribution in [0, 0.1) is 6.92 Å². The van der Waals surface area contributed by atoms with E-state index < -0.39 is 5.41 Å². The number of carbonyl (C=O) groups is 1. The van der Waals surface area contributed by atoms with E-state index in [9.17, 15) is 9.59 Å². The molecule has 4 aromatic rings. The van der Waals surface area contributed by atoms with Gasteiger partial charge in [-0.25, -0.2) is 4.68 Å². The fourth-order valence-electron chi connectivity index (χ4n) is 3.71. The van der Waals surface area contributed by atoms with Crippen LogP contribution in [0.5, 0.6) is 0 Å². The monoisotopic (exact) mass is 420 g/mol. The minimum atomic E-state index is -0.745. The summed E-state index contributed by atoms with van der Waals surface area (Å²) in [5, 5.41) is 9.01. The molecule has 152 valence electrons. The maximum atomic E-state index is 13.2. The fraction of sp³-hybridized carbons (Fsp3) is 0.227. The number of hydrogen-bond acceptors (Lipinski definition) is 5. The van der Waals surface area contributed by atoms with Crippen molar-refractivity contribution in [1.29, 1.82) is 0 Å². The van der Waals surface area contributed by atoms with Crippen LogP contribution in [-0.2, 0) is 17.3 Å². The third kappa shape index (κ3) is 2.83. The summed E-state index contributed by atoms with van der Waals surface area (Å²) >= 11 is 1.56. The van der Waals surface area contributed by atoms with Crippen LogP contribution < -0.4 is 10.9 Å². The summed E-state index contributed by atoms with van der Waals surface area (Å²) in [7, 11) is 1.80. The zero-order chi connectivity index (χ0) is 20.9. The van der Waals surface area contributed by atoms with Gasteiger partial charge in [0.2, 0.25) is 5.91 Å². The molecule has 0 saturated heterocycles. The van der Waals surface area contributed by atoms with Gasteiger partial charge in [0, 0.05) is 13.1 Å². The Morgan fingerprint density at radius 2 is 1.97 bits per heavy atom. The number of hydrogen-bond donors (Lipinski definition) is 1. The van der Waals surface area contributed by atoms with Gasteiger partial charge in [0.15, 0.2) is 5.76 Å². The molecule has 1 aliphatic rings. The Morgan fingerprint density at radius 3 is 2.63 bits per heavy atom. The van der Waals surface area contributed by atoms with Gasteiger partial charge in [-0.3, -0.25) is 14.3 Å². The largest absolute Gasteiger partial charge is 0.355 e. The molecule has 5 rings (SSSR count). The lowest BCUT2D eigenvalue weighted by Crippen LogP contribution is -2.31. The lowest BCUT2D eigenvalue weighted by molar-refractivity contribution is -0.118. The maximum Gasteiger partial charge on any atom is 0.295 e. The number of aromatic nitrogens is 3. The highest BCUT2D eigenvalue weighted by atomic mass is 32.1. The molecule has 1 amide bonds. The molecule has 8 heteroatoms. The molecule has 30 heavy (non-hydrogen) atoms. The molecule has 1 saturated carbocycles. The van der Waals surface area contributed by atoms with Crippen molar-refractivity contribution in [3.05, 3.63) is 75.7 Å². The van der Waals surface area contributed by atoms with Crippen molar-refractivity contribution in [2.75, 3.05) is 5.32 Å². The number of rotatable bonds is 5. The van der Waals surface area contributed by atoms with E-state index in [0.717, 1.165) is 10.6 Å². The number of anilines is 1. The summed E-state index contributed by atoms with van der Waals surface area (Å²) in [5.41, 5.74) is 1.33. The molecule has 0 spiro atoms. The molecule has 0 unspecified atom stereocenters. The second-order valence-corrected chi connectivity index (χ2v) is 8.47. The van der Waals surface area contributed by atoms with Gasteiger partial charge < -0.3 is 9.84 Å². The van der Waals surface area contributed by atoms with Crippen LogP contribution in [0.4, 0.5) is 5.69 Å². The molecule has 0 aliphatic heterocycles. The van der Waals surface area contributed by atoms with Gasteiger partial charge in [-0.15, -0.1) is 11.3 Å². The zero-order valence-electron chi connectivity index (χ0n) is 16.6. The number of amides is 1. The summed E-state index contributed by atoms with van der Waals surface area (Å²) in [6.45, 7) is 1.82. The van der Waals surface area contributed by atoms with E-state index in [2.05, 4.69) is 10.5 Å². The molecule has 0 atom stereocenters. The zero-order valence-corrected chi connectivity index (χ0v) is 17.4. The van der Waals surface area contributed by atoms with Gasteiger partial charge in [-0.05, 0) is 43.3 Å². The predicted octanol–water partition coefficient (Wildman–Crippen LogP) is 3.87. The highest BCUT2D eigenvalue weighted by Crippen LogP contribution is 2.49. The highest BCUT2D eigenvalue weighted by Gasteiger charge is 2.54. The van der Waals surface area contributed by atoms with Crippen molar-refractivity contribution < 1.29 is 9.32 Å². The number of benzene rings is 1. The molecule has 1 aromatic carbocycles. The predicted molar refractivity (Wildman–Crippen MR) is 115 cm³/mol. The maximum absolute atomic E-state index is 13.2. The number of carbonyl (C=O) groups excluding carboxylic acids is 1. The quantitative estimate of drug-likeness (QED) is 0.531. The van der Waals surface area contributed by atoms with Crippen molar-refractivity contribution in [3.8, 4) is 16.3 Å². The topological polar surface area (TPSA) is 82.1 Å². The third-order valence-corrected chi connectivity index (χ3v) is 6.63. The number of nitrogens with zero attached hydrogens (tertiary/aromatic N) is 3. The molecule has 0 radical (unpaired) electrons. The lowest BCUT2D eigenvalue weighted by Gasteiger charge is -2.11. The van der Waals surface area contributed by atoms with E-state index in [1.165, 1.54) is 0 Å². The fourth-order valence-corrected chi connectivity index (χ4v) is 4.38. The van der Waals surface area contributed by atoms with Crippen LogP contribution in [-0.4, -0.2) is 20.4 Å². The van der Waals surface area contributed by atoms with E-state index in [-0.39, 0.29) is 11.5 Å². The molecule has 1 fully saturated rings. The normalized spacial score (nSPS) is 14.6. The van der Waals surface area contributed by atoms with Crippen LogP contribution in [0.1, 0.15) is 24.2 Å². The van der Waals surface area contributed by atoms with Gasteiger partial charge in [0.25, 0.3) is 5.56 Å². The van der Waals surface area contributed by atoms with Crippen molar-refractivity contribution in [2.24, 2.45) is 7.05 Å². The van der Waals surface area contributed by atoms with E-state index in [1.807, 2.05) is 60.8 Å². The van der Waals surface area contributed by atoms with Gasteiger partial charge in [-0.2, -0.15) is 0 Å². The van der Waals surface area contributed by atoms with E-state index >= 15 is 0 Å². The number of nitrogens with one attached hydrogen (secondary N) is 1. The first-order chi connectivity index (χ1) is 14.5. The summed E-state index contributed by atoms with van der Waals surface area (Å²) in [5.74, 6) is 0.431. The molecule has 1 aliphatic carbocycles. The number of para-hydroxylation sites is 1. The first kappa shape index (κ1) is 18.6. The standard InChI is InChI=1S/C22H20N4O3S/c1-14-19(20(27)26(25(14)2)15-7-4-3-5-8-15)23-21(28)22(10-11-22)18-13-16(29-24-18)17-9-6-12-30-17/h3-9,12-13H,10-11H2,1-2H3,(H,23,28). The first-order valence-electron chi connectivity index (χ1n) is 9.68. The van der Waals surface area contributed by atoms with Gasteiger partial charge in [0.05, 0.1) is 27.4 Å². The van der Waals surface area contributed by atoms with Crippen molar-refractivity contribution in [2.45, 2.75) is 25.2 Å².